The zero-order chi connectivity index (χ0) is 24.2. The molecule has 0 N–H and O–H groups in total. The van der Waals surface area contributed by atoms with E-state index in [1.165, 1.54) is 29.7 Å². The van der Waals surface area contributed by atoms with Gasteiger partial charge in [0, 0.05) is 31.0 Å². The van der Waals surface area contributed by atoms with E-state index in [9.17, 15) is 9.59 Å². The van der Waals surface area contributed by atoms with Gasteiger partial charge in [-0.25, -0.2) is 0 Å². The first kappa shape index (κ1) is 26.4. The van der Waals surface area contributed by atoms with Crippen molar-refractivity contribution in [3.63, 3.8) is 0 Å². The summed E-state index contributed by atoms with van der Waals surface area (Å²) in [5.74, 6) is 0.0706. The monoisotopic (exact) mass is 484 g/mol. The molecule has 1 aliphatic rings. The second kappa shape index (κ2) is 14.3. The Morgan fingerprint density at radius 2 is 1.79 bits per heavy atom. The predicted molar refractivity (Wildman–Crippen MR) is 139 cm³/mol. The van der Waals surface area contributed by atoms with E-state index in [1.54, 1.807) is 16.2 Å². The molecule has 1 fully saturated rings. The second-order valence-electron chi connectivity index (χ2n) is 9.34. The molecule has 2 amide bonds. The molecule has 34 heavy (non-hydrogen) atoms. The van der Waals surface area contributed by atoms with Crippen LogP contribution in [0.4, 0.5) is 0 Å². The molecule has 2 aromatic rings. The number of hydrogen-bond acceptors (Lipinski definition) is 4. The lowest BCUT2D eigenvalue weighted by atomic mass is 10.1. The zero-order valence-corrected chi connectivity index (χ0v) is 21.7. The van der Waals surface area contributed by atoms with Crippen molar-refractivity contribution in [2.75, 3.05) is 19.7 Å². The molecule has 1 aromatic heterocycles. The third-order valence-corrected chi connectivity index (χ3v) is 7.50. The summed E-state index contributed by atoms with van der Waals surface area (Å²) in [6, 6.07) is 12.2. The molecule has 186 valence electrons. The number of ether oxygens (including phenoxy) is 1. The Balaban J connectivity index is 1.68. The van der Waals surface area contributed by atoms with Crippen LogP contribution < -0.4 is 0 Å². The smallest absolute Gasteiger partial charge is 0.242 e. The summed E-state index contributed by atoms with van der Waals surface area (Å²) < 4.78 is 5.81. The fourth-order valence-electron chi connectivity index (χ4n) is 4.37. The van der Waals surface area contributed by atoms with Crippen LogP contribution in [0.2, 0.25) is 0 Å². The molecule has 0 radical (unpaired) electrons. The number of unbranched alkanes of at least 4 members (excludes halogenated alkanes) is 4. The minimum Gasteiger partial charge on any atom is -0.376 e. The lowest BCUT2D eigenvalue weighted by Gasteiger charge is -2.29. The Kier molecular flexibility index (Phi) is 11.1. The fraction of sp³-hybridized carbons (Fsp3) is 0.571. The van der Waals surface area contributed by atoms with Crippen LogP contribution in [-0.4, -0.2) is 47.4 Å². The molecule has 0 aliphatic carbocycles. The maximum atomic E-state index is 13.6. The van der Waals surface area contributed by atoms with Crippen molar-refractivity contribution in [3.05, 3.63) is 57.8 Å². The maximum absolute atomic E-state index is 13.6. The Morgan fingerprint density at radius 3 is 2.47 bits per heavy atom. The number of nitrogens with zero attached hydrogens (tertiary/aromatic N) is 2. The highest BCUT2D eigenvalue weighted by atomic mass is 32.1. The van der Waals surface area contributed by atoms with E-state index in [4.69, 9.17) is 4.74 Å². The second-order valence-corrected chi connectivity index (χ2v) is 10.3. The average molecular weight is 485 g/mol. The van der Waals surface area contributed by atoms with Gasteiger partial charge < -0.3 is 14.5 Å². The minimum absolute atomic E-state index is 0.00557. The number of carbonyl (C=O) groups excluding carboxylic acids is 2. The van der Waals surface area contributed by atoms with E-state index < -0.39 is 0 Å². The first-order valence-electron chi connectivity index (χ1n) is 12.8. The molecule has 0 spiro atoms. The maximum Gasteiger partial charge on any atom is 0.242 e. The lowest BCUT2D eigenvalue weighted by Crippen LogP contribution is -2.45. The Hall–Kier alpha value is -2.18. The van der Waals surface area contributed by atoms with Crippen LogP contribution in [0.25, 0.3) is 0 Å². The van der Waals surface area contributed by atoms with E-state index >= 15 is 0 Å². The van der Waals surface area contributed by atoms with E-state index in [2.05, 4.69) is 25.3 Å². The Morgan fingerprint density at radius 1 is 1.00 bits per heavy atom. The number of amides is 2. The zero-order valence-electron chi connectivity index (χ0n) is 20.8. The predicted octanol–water partition coefficient (Wildman–Crippen LogP) is 5.95. The summed E-state index contributed by atoms with van der Waals surface area (Å²) in [6.45, 7) is 6.76. The molecule has 1 aromatic carbocycles. The first-order valence-corrected chi connectivity index (χ1v) is 13.7. The average Bonchev–Trinajstić information content (AvgIpc) is 3.50. The summed E-state index contributed by atoms with van der Waals surface area (Å²) in [7, 11) is 0. The van der Waals surface area contributed by atoms with Crippen LogP contribution in [-0.2, 0) is 27.4 Å². The summed E-state index contributed by atoms with van der Waals surface area (Å²) in [6.07, 6.45) is 8.05. The van der Waals surface area contributed by atoms with Crippen molar-refractivity contribution in [2.45, 2.75) is 84.4 Å². The largest absolute Gasteiger partial charge is 0.376 e. The standard InChI is InChI=1S/C28H40N2O3S/c1-3-4-5-6-10-15-27(31)30(20-25-14-11-17-33-25)22-28(32)29(19-24-12-8-7-9-13-24)21-26-23(2)16-18-34-26/h7-9,12-13,16,18,25H,3-6,10-11,14-15,17,19-22H2,1-2H3/t25-/m0/s1. The van der Waals surface area contributed by atoms with Crippen molar-refractivity contribution in [1.82, 2.24) is 9.80 Å². The van der Waals surface area contributed by atoms with Gasteiger partial charge in [0.15, 0.2) is 0 Å². The van der Waals surface area contributed by atoms with E-state index in [1.807, 2.05) is 35.2 Å². The third-order valence-electron chi connectivity index (χ3n) is 6.49. The quantitative estimate of drug-likeness (QED) is 0.311. The van der Waals surface area contributed by atoms with E-state index in [0.29, 0.717) is 26.1 Å². The molecule has 1 aliphatic heterocycles. The number of thiophene rings is 1. The van der Waals surface area contributed by atoms with Gasteiger partial charge >= 0.3 is 0 Å². The van der Waals surface area contributed by atoms with E-state index in [0.717, 1.165) is 37.9 Å². The topological polar surface area (TPSA) is 49.9 Å². The van der Waals surface area contributed by atoms with Crippen LogP contribution in [0.15, 0.2) is 41.8 Å². The van der Waals surface area contributed by atoms with Gasteiger partial charge in [-0.2, -0.15) is 0 Å². The number of hydrogen-bond donors (Lipinski definition) is 0. The third kappa shape index (κ3) is 8.55. The molecule has 2 heterocycles. The van der Waals surface area contributed by atoms with Crippen molar-refractivity contribution < 1.29 is 14.3 Å². The summed E-state index contributed by atoms with van der Waals surface area (Å²) >= 11 is 1.68. The van der Waals surface area contributed by atoms with Crippen LogP contribution >= 0.6 is 11.3 Å². The van der Waals surface area contributed by atoms with Gasteiger partial charge in [0.2, 0.25) is 11.8 Å². The highest BCUT2D eigenvalue weighted by Crippen LogP contribution is 2.21. The SMILES string of the molecule is CCCCCCCC(=O)N(CC(=O)N(Cc1ccccc1)Cc1sccc1C)C[C@@H]1CCCO1. The van der Waals surface area contributed by atoms with Gasteiger partial charge in [-0.3, -0.25) is 9.59 Å². The van der Waals surface area contributed by atoms with E-state index in [-0.39, 0.29) is 24.5 Å². The van der Waals surface area contributed by atoms with Crippen molar-refractivity contribution in [1.29, 1.82) is 0 Å². The fourth-order valence-corrected chi connectivity index (χ4v) is 5.29. The molecule has 0 unspecified atom stereocenters. The number of carbonyl (C=O) groups is 2. The lowest BCUT2D eigenvalue weighted by molar-refractivity contribution is -0.142. The molecule has 1 atom stereocenters. The highest BCUT2D eigenvalue weighted by Gasteiger charge is 2.26. The van der Waals surface area contributed by atoms with Crippen molar-refractivity contribution >= 4 is 23.2 Å². The van der Waals surface area contributed by atoms with Crippen molar-refractivity contribution in [2.24, 2.45) is 0 Å². The highest BCUT2D eigenvalue weighted by molar-refractivity contribution is 7.10. The Bertz CT molecular complexity index is 877. The number of rotatable bonds is 14. The van der Waals surface area contributed by atoms with Crippen LogP contribution in [0.5, 0.6) is 0 Å². The minimum atomic E-state index is -0.00557. The molecular weight excluding hydrogens is 444 g/mol. The van der Waals surface area contributed by atoms with Crippen LogP contribution in [0.3, 0.4) is 0 Å². The molecule has 1 saturated heterocycles. The van der Waals surface area contributed by atoms with Crippen LogP contribution in [0, 0.1) is 6.92 Å². The van der Waals surface area contributed by atoms with Gasteiger partial charge in [-0.1, -0.05) is 62.9 Å². The number of aryl methyl sites for hydroxylation is 1. The molecular formula is C28H40N2O3S. The first-order chi connectivity index (χ1) is 16.6. The van der Waals surface area contributed by atoms with Gasteiger partial charge in [0.25, 0.3) is 0 Å². The summed E-state index contributed by atoms with van der Waals surface area (Å²) in [5, 5.41) is 2.07. The van der Waals surface area contributed by atoms with Crippen molar-refractivity contribution in [3.8, 4) is 0 Å². The van der Waals surface area contributed by atoms with Gasteiger partial charge in [-0.15, -0.1) is 11.3 Å². The molecule has 0 saturated carbocycles. The summed E-state index contributed by atoms with van der Waals surface area (Å²) in [5.41, 5.74) is 2.30. The molecule has 6 heteroatoms. The normalized spacial score (nSPS) is 15.4. The van der Waals surface area contributed by atoms with Gasteiger partial charge in [0.05, 0.1) is 19.2 Å². The van der Waals surface area contributed by atoms with Gasteiger partial charge in [0.1, 0.15) is 0 Å². The molecule has 0 bridgehead atoms. The Labute approximate surface area is 209 Å². The number of benzene rings is 1. The van der Waals surface area contributed by atoms with Crippen LogP contribution in [0.1, 0.15) is 74.3 Å². The molecule has 5 nitrogen and oxygen atoms in total. The summed E-state index contributed by atoms with van der Waals surface area (Å²) in [4.78, 5) is 31.6. The van der Waals surface area contributed by atoms with Gasteiger partial charge in [-0.05, 0) is 48.8 Å². The molecule has 3 rings (SSSR count).